The molecule has 0 saturated carbocycles. The molecule has 0 spiro atoms. The predicted molar refractivity (Wildman–Crippen MR) is 64.3 cm³/mol. The lowest BCUT2D eigenvalue weighted by molar-refractivity contribution is -0.117. The van der Waals surface area contributed by atoms with Gasteiger partial charge in [0.05, 0.1) is 5.56 Å². The van der Waals surface area contributed by atoms with Crippen LogP contribution in [0.3, 0.4) is 0 Å². The zero-order valence-electron chi connectivity index (χ0n) is 9.68. The van der Waals surface area contributed by atoms with Gasteiger partial charge < -0.3 is 0 Å². The Morgan fingerprint density at radius 3 is 3.06 bits per heavy atom. The number of amides is 1. The molecule has 0 bridgehead atoms. The van der Waals surface area contributed by atoms with Gasteiger partial charge in [-0.3, -0.25) is 9.69 Å². The van der Waals surface area contributed by atoms with Crippen LogP contribution in [0.15, 0.2) is 24.9 Å². The van der Waals surface area contributed by atoms with Crippen molar-refractivity contribution < 1.29 is 4.79 Å². The van der Waals surface area contributed by atoms with Crippen LogP contribution in [0.4, 0.5) is 5.82 Å². The first-order valence-electron chi connectivity index (χ1n) is 5.46. The van der Waals surface area contributed by atoms with Crippen LogP contribution in [0.2, 0.25) is 0 Å². The molecule has 17 heavy (non-hydrogen) atoms. The number of pyridine rings is 1. The molecule has 0 N–H and O–H groups in total. The standard InChI is InChI=1S/C13H13N3O/c1-3-10-6-12(17)16(8-10)13-11(7-14)9(2)4-5-15-13/h3-5,10H,1,6,8H2,2H3. The van der Waals surface area contributed by atoms with Crippen LogP contribution in [0.1, 0.15) is 17.5 Å². The largest absolute Gasteiger partial charge is 0.295 e. The van der Waals surface area contributed by atoms with Crippen LogP contribution in [0.25, 0.3) is 0 Å². The number of rotatable bonds is 2. The molecule has 4 heteroatoms. The van der Waals surface area contributed by atoms with Crippen molar-refractivity contribution in [3.63, 3.8) is 0 Å². The van der Waals surface area contributed by atoms with Crippen LogP contribution in [0, 0.1) is 24.2 Å². The molecule has 1 atom stereocenters. The molecule has 86 valence electrons. The predicted octanol–water partition coefficient (Wildman–Crippen LogP) is 1.80. The molecule has 0 aromatic carbocycles. The first-order valence-corrected chi connectivity index (χ1v) is 5.46. The normalized spacial score (nSPS) is 19.2. The Morgan fingerprint density at radius 2 is 2.47 bits per heavy atom. The Morgan fingerprint density at radius 1 is 1.71 bits per heavy atom. The second-order valence-corrected chi connectivity index (χ2v) is 4.14. The minimum absolute atomic E-state index is 0.00417. The number of aryl methyl sites for hydroxylation is 1. The van der Waals surface area contributed by atoms with E-state index in [1.54, 1.807) is 23.2 Å². The maximum atomic E-state index is 11.9. The van der Waals surface area contributed by atoms with E-state index in [0.29, 0.717) is 24.3 Å². The van der Waals surface area contributed by atoms with Crippen molar-refractivity contribution in [2.75, 3.05) is 11.4 Å². The third-order valence-electron chi connectivity index (χ3n) is 3.00. The lowest BCUT2D eigenvalue weighted by Gasteiger charge is -2.17. The minimum Gasteiger partial charge on any atom is -0.295 e. The number of nitriles is 1. The highest BCUT2D eigenvalue weighted by molar-refractivity contribution is 5.96. The fraction of sp³-hybridized carbons (Fsp3) is 0.308. The fourth-order valence-corrected chi connectivity index (χ4v) is 1.98. The van der Waals surface area contributed by atoms with Gasteiger partial charge in [0.2, 0.25) is 5.91 Å². The summed E-state index contributed by atoms with van der Waals surface area (Å²) in [6, 6.07) is 3.88. The van der Waals surface area contributed by atoms with Gasteiger partial charge in [-0.15, -0.1) is 6.58 Å². The molecule has 1 aliphatic rings. The molecule has 2 heterocycles. The number of anilines is 1. The van der Waals surface area contributed by atoms with E-state index in [4.69, 9.17) is 5.26 Å². The molecular weight excluding hydrogens is 214 g/mol. The number of carbonyl (C=O) groups is 1. The van der Waals surface area contributed by atoms with Crippen molar-refractivity contribution in [1.29, 1.82) is 5.26 Å². The third-order valence-corrected chi connectivity index (χ3v) is 3.00. The van der Waals surface area contributed by atoms with E-state index in [-0.39, 0.29) is 11.8 Å². The van der Waals surface area contributed by atoms with Gasteiger partial charge in [0.15, 0.2) is 5.82 Å². The van der Waals surface area contributed by atoms with Gasteiger partial charge >= 0.3 is 0 Å². The number of hydrogen-bond acceptors (Lipinski definition) is 3. The first kappa shape index (κ1) is 11.3. The summed E-state index contributed by atoms with van der Waals surface area (Å²) < 4.78 is 0. The smallest absolute Gasteiger partial charge is 0.228 e. The summed E-state index contributed by atoms with van der Waals surface area (Å²) in [7, 11) is 0. The van der Waals surface area contributed by atoms with Gasteiger partial charge in [-0.1, -0.05) is 6.08 Å². The topological polar surface area (TPSA) is 57.0 Å². The average Bonchev–Trinajstić information content (AvgIpc) is 2.70. The Bertz CT molecular complexity index is 516. The van der Waals surface area contributed by atoms with E-state index in [2.05, 4.69) is 17.6 Å². The fourth-order valence-electron chi connectivity index (χ4n) is 1.98. The van der Waals surface area contributed by atoms with Gasteiger partial charge in [0.25, 0.3) is 0 Å². The van der Waals surface area contributed by atoms with Gasteiger partial charge in [0, 0.05) is 25.1 Å². The minimum atomic E-state index is 0.00417. The summed E-state index contributed by atoms with van der Waals surface area (Å²) in [4.78, 5) is 17.6. The van der Waals surface area contributed by atoms with Crippen LogP contribution < -0.4 is 4.90 Å². The highest BCUT2D eigenvalue weighted by Crippen LogP contribution is 2.27. The van der Waals surface area contributed by atoms with Crippen molar-refractivity contribution in [2.24, 2.45) is 5.92 Å². The Hall–Kier alpha value is -2.15. The van der Waals surface area contributed by atoms with Gasteiger partial charge in [-0.2, -0.15) is 5.26 Å². The first-order chi connectivity index (χ1) is 8.17. The zero-order chi connectivity index (χ0) is 12.4. The molecule has 1 aliphatic heterocycles. The zero-order valence-corrected chi connectivity index (χ0v) is 9.68. The van der Waals surface area contributed by atoms with Gasteiger partial charge in [0.1, 0.15) is 6.07 Å². The summed E-state index contributed by atoms with van der Waals surface area (Å²) in [5.74, 6) is 0.628. The monoisotopic (exact) mass is 227 g/mol. The number of hydrogen-bond donors (Lipinski definition) is 0. The highest BCUT2D eigenvalue weighted by atomic mass is 16.2. The molecule has 4 nitrogen and oxygen atoms in total. The van der Waals surface area contributed by atoms with E-state index >= 15 is 0 Å². The maximum absolute atomic E-state index is 11.9. The van der Waals surface area contributed by atoms with Crippen LogP contribution in [0.5, 0.6) is 0 Å². The average molecular weight is 227 g/mol. The maximum Gasteiger partial charge on any atom is 0.228 e. The van der Waals surface area contributed by atoms with Crippen molar-refractivity contribution in [3.05, 3.63) is 36.0 Å². The second kappa shape index (κ2) is 4.38. The van der Waals surface area contributed by atoms with Crippen molar-refractivity contribution in [2.45, 2.75) is 13.3 Å². The summed E-state index contributed by atoms with van der Waals surface area (Å²) in [6.45, 7) is 6.11. The molecule has 1 fully saturated rings. The lowest BCUT2D eigenvalue weighted by Crippen LogP contribution is -2.26. The van der Waals surface area contributed by atoms with E-state index < -0.39 is 0 Å². The van der Waals surface area contributed by atoms with Crippen LogP contribution in [-0.4, -0.2) is 17.4 Å². The van der Waals surface area contributed by atoms with E-state index in [1.807, 2.05) is 6.92 Å². The van der Waals surface area contributed by atoms with Crippen LogP contribution in [-0.2, 0) is 4.79 Å². The molecule has 1 amide bonds. The third kappa shape index (κ3) is 1.92. The van der Waals surface area contributed by atoms with E-state index in [9.17, 15) is 4.79 Å². The lowest BCUT2D eigenvalue weighted by atomic mass is 10.1. The molecule has 1 saturated heterocycles. The molecule has 0 radical (unpaired) electrons. The molecule has 2 rings (SSSR count). The Balaban J connectivity index is 2.42. The Labute approximate surface area is 100 Å². The van der Waals surface area contributed by atoms with E-state index in [0.717, 1.165) is 5.56 Å². The van der Waals surface area contributed by atoms with Crippen molar-refractivity contribution in [3.8, 4) is 6.07 Å². The Kier molecular flexibility index (Phi) is 2.92. The summed E-state index contributed by atoms with van der Waals surface area (Å²) >= 11 is 0. The van der Waals surface area contributed by atoms with Crippen molar-refractivity contribution in [1.82, 2.24) is 4.98 Å². The van der Waals surface area contributed by atoms with Gasteiger partial charge in [-0.25, -0.2) is 4.98 Å². The molecule has 0 aliphatic carbocycles. The molecule has 1 aromatic rings. The quantitative estimate of drug-likeness (QED) is 0.724. The van der Waals surface area contributed by atoms with Gasteiger partial charge in [-0.05, 0) is 18.6 Å². The molecule has 1 unspecified atom stereocenters. The highest BCUT2D eigenvalue weighted by Gasteiger charge is 2.31. The van der Waals surface area contributed by atoms with Crippen molar-refractivity contribution >= 4 is 11.7 Å². The molecule has 1 aromatic heterocycles. The molecular formula is C13H13N3O. The number of nitrogens with zero attached hydrogens (tertiary/aromatic N) is 3. The second-order valence-electron chi connectivity index (χ2n) is 4.14. The summed E-state index contributed by atoms with van der Waals surface area (Å²) in [5, 5.41) is 9.12. The summed E-state index contributed by atoms with van der Waals surface area (Å²) in [6.07, 6.45) is 3.85. The summed E-state index contributed by atoms with van der Waals surface area (Å²) in [5.41, 5.74) is 1.32. The number of aromatic nitrogens is 1. The van der Waals surface area contributed by atoms with Crippen LogP contribution >= 0.6 is 0 Å². The number of carbonyl (C=O) groups excluding carboxylic acids is 1. The SMILES string of the molecule is C=CC1CC(=O)N(c2nccc(C)c2C#N)C1. The van der Waals surface area contributed by atoms with E-state index in [1.165, 1.54) is 0 Å².